The molecule has 0 aliphatic carbocycles. The summed E-state index contributed by atoms with van der Waals surface area (Å²) < 4.78 is 0. The first kappa shape index (κ1) is 16.5. The van der Waals surface area contributed by atoms with Crippen LogP contribution in [0.1, 0.15) is 38.3 Å². The largest absolute Gasteiger partial charge is 0.335 e. The van der Waals surface area contributed by atoms with E-state index in [1.54, 1.807) is 12.4 Å². The molecule has 2 rings (SSSR count). The van der Waals surface area contributed by atoms with E-state index in [4.69, 9.17) is 0 Å². The Morgan fingerprint density at radius 3 is 2.82 bits per heavy atom. The molecule has 2 heterocycles. The molecule has 1 aliphatic heterocycles. The lowest BCUT2D eigenvalue weighted by molar-refractivity contribution is 0.200. The lowest BCUT2D eigenvalue weighted by Gasteiger charge is -2.32. The first-order valence-electron chi connectivity index (χ1n) is 7.88. The maximum atomic E-state index is 12.1. The highest BCUT2D eigenvalue weighted by molar-refractivity contribution is 5.74. The van der Waals surface area contributed by atoms with Gasteiger partial charge < -0.3 is 10.6 Å². The van der Waals surface area contributed by atoms with E-state index >= 15 is 0 Å². The van der Waals surface area contributed by atoms with Gasteiger partial charge in [-0.2, -0.15) is 0 Å². The van der Waals surface area contributed by atoms with Gasteiger partial charge in [-0.25, -0.2) is 4.79 Å². The van der Waals surface area contributed by atoms with Crippen molar-refractivity contribution in [3.63, 3.8) is 0 Å². The molecule has 5 nitrogen and oxygen atoms in total. The van der Waals surface area contributed by atoms with E-state index in [0.717, 1.165) is 38.0 Å². The van der Waals surface area contributed by atoms with Crippen molar-refractivity contribution in [3.05, 3.63) is 42.2 Å². The number of hydrogen-bond donors (Lipinski definition) is 2. The van der Waals surface area contributed by atoms with E-state index in [1.165, 1.54) is 5.57 Å². The van der Waals surface area contributed by atoms with Gasteiger partial charge in [0.2, 0.25) is 0 Å². The van der Waals surface area contributed by atoms with Gasteiger partial charge in [0.15, 0.2) is 0 Å². The molecule has 0 bridgehead atoms. The molecule has 1 saturated heterocycles. The Morgan fingerprint density at radius 1 is 1.50 bits per heavy atom. The second-order valence-electron chi connectivity index (χ2n) is 6.13. The number of pyridine rings is 1. The summed E-state index contributed by atoms with van der Waals surface area (Å²) in [5, 5.41) is 6.04. The summed E-state index contributed by atoms with van der Waals surface area (Å²) in [4.78, 5) is 18.5. The minimum atomic E-state index is -0.102. The molecule has 1 atom stereocenters. The molecule has 120 valence electrons. The van der Waals surface area contributed by atoms with Crippen molar-refractivity contribution in [2.75, 3.05) is 19.6 Å². The van der Waals surface area contributed by atoms with Gasteiger partial charge in [-0.05, 0) is 38.3 Å². The van der Waals surface area contributed by atoms with E-state index < -0.39 is 0 Å². The summed E-state index contributed by atoms with van der Waals surface area (Å²) in [6.45, 7) is 10.9. The number of nitrogens with zero attached hydrogens (tertiary/aromatic N) is 2. The predicted octanol–water partition coefficient (Wildman–Crippen LogP) is 2.48. The number of carbonyl (C=O) groups excluding carboxylic acids is 1. The van der Waals surface area contributed by atoms with Gasteiger partial charge in [-0.3, -0.25) is 9.88 Å². The Bertz CT molecular complexity index is 495. The van der Waals surface area contributed by atoms with Crippen LogP contribution >= 0.6 is 0 Å². The number of rotatable bonds is 5. The smallest absolute Gasteiger partial charge is 0.315 e. The number of piperidine rings is 1. The summed E-state index contributed by atoms with van der Waals surface area (Å²) in [5.41, 5.74) is 2.20. The SMILES string of the molecule is C=C(C)CN1CCC(NC(=O)N[C@@H](C)c2cccnc2)CC1. The molecule has 2 amide bonds. The van der Waals surface area contributed by atoms with Crippen LogP contribution in [0.15, 0.2) is 36.7 Å². The second-order valence-corrected chi connectivity index (χ2v) is 6.13. The third-order valence-electron chi connectivity index (χ3n) is 3.95. The molecule has 0 radical (unpaired) electrons. The van der Waals surface area contributed by atoms with Crippen molar-refractivity contribution in [3.8, 4) is 0 Å². The standard InChI is InChI=1S/C17H26N4O/c1-13(2)12-21-9-6-16(7-10-21)20-17(22)19-14(3)15-5-4-8-18-11-15/h4-5,8,11,14,16H,1,6-7,9-10,12H2,2-3H3,(H2,19,20,22)/t14-/m0/s1. The minimum Gasteiger partial charge on any atom is -0.335 e. The molecule has 22 heavy (non-hydrogen) atoms. The minimum absolute atomic E-state index is 0.0443. The van der Waals surface area contributed by atoms with E-state index in [-0.39, 0.29) is 18.1 Å². The van der Waals surface area contributed by atoms with Gasteiger partial charge in [0, 0.05) is 38.1 Å². The zero-order valence-corrected chi connectivity index (χ0v) is 13.5. The maximum Gasteiger partial charge on any atom is 0.315 e. The fourth-order valence-corrected chi connectivity index (χ4v) is 2.76. The van der Waals surface area contributed by atoms with Crippen molar-refractivity contribution in [1.29, 1.82) is 0 Å². The molecule has 0 aromatic carbocycles. The fraction of sp³-hybridized carbons (Fsp3) is 0.529. The number of aromatic nitrogens is 1. The zero-order chi connectivity index (χ0) is 15.9. The van der Waals surface area contributed by atoms with Gasteiger partial charge in [-0.1, -0.05) is 18.2 Å². The average Bonchev–Trinajstić information content (AvgIpc) is 2.49. The van der Waals surface area contributed by atoms with Crippen molar-refractivity contribution < 1.29 is 4.79 Å². The highest BCUT2D eigenvalue weighted by Crippen LogP contribution is 2.13. The van der Waals surface area contributed by atoms with Crippen LogP contribution in [0.25, 0.3) is 0 Å². The number of carbonyl (C=O) groups is 1. The van der Waals surface area contributed by atoms with Crippen molar-refractivity contribution in [1.82, 2.24) is 20.5 Å². The summed E-state index contributed by atoms with van der Waals surface area (Å²) in [5.74, 6) is 0. The first-order chi connectivity index (χ1) is 10.5. The van der Waals surface area contributed by atoms with E-state index in [1.807, 2.05) is 19.1 Å². The number of urea groups is 1. The van der Waals surface area contributed by atoms with Crippen LogP contribution in [0, 0.1) is 0 Å². The van der Waals surface area contributed by atoms with Crippen LogP contribution < -0.4 is 10.6 Å². The van der Waals surface area contributed by atoms with Gasteiger partial charge in [0.25, 0.3) is 0 Å². The number of amides is 2. The van der Waals surface area contributed by atoms with Gasteiger partial charge >= 0.3 is 6.03 Å². The fourth-order valence-electron chi connectivity index (χ4n) is 2.76. The van der Waals surface area contributed by atoms with Crippen LogP contribution in [-0.4, -0.2) is 41.6 Å². The number of likely N-dealkylation sites (tertiary alicyclic amines) is 1. The zero-order valence-electron chi connectivity index (χ0n) is 13.5. The summed E-state index contributed by atoms with van der Waals surface area (Å²) in [7, 11) is 0. The number of nitrogens with one attached hydrogen (secondary N) is 2. The Kier molecular flexibility index (Phi) is 5.95. The van der Waals surface area contributed by atoms with Gasteiger partial charge in [0.05, 0.1) is 6.04 Å². The van der Waals surface area contributed by atoms with Crippen LogP contribution in [0.3, 0.4) is 0 Å². The Labute approximate surface area is 132 Å². The van der Waals surface area contributed by atoms with Crippen LogP contribution in [-0.2, 0) is 0 Å². The maximum absolute atomic E-state index is 12.1. The summed E-state index contributed by atoms with van der Waals surface area (Å²) >= 11 is 0. The predicted molar refractivity (Wildman–Crippen MR) is 88.6 cm³/mol. The molecule has 1 fully saturated rings. The Morgan fingerprint density at radius 2 is 2.23 bits per heavy atom. The topological polar surface area (TPSA) is 57.3 Å². The lowest BCUT2D eigenvalue weighted by Crippen LogP contribution is -2.48. The highest BCUT2D eigenvalue weighted by Gasteiger charge is 2.21. The summed E-state index contributed by atoms with van der Waals surface area (Å²) in [6, 6.07) is 3.95. The first-order valence-corrected chi connectivity index (χ1v) is 7.88. The molecule has 5 heteroatoms. The molecule has 0 saturated carbocycles. The lowest BCUT2D eigenvalue weighted by atomic mass is 10.0. The number of hydrogen-bond acceptors (Lipinski definition) is 3. The van der Waals surface area contributed by atoms with Crippen molar-refractivity contribution in [2.45, 2.75) is 38.8 Å². The monoisotopic (exact) mass is 302 g/mol. The third-order valence-corrected chi connectivity index (χ3v) is 3.95. The third kappa shape index (κ3) is 5.15. The van der Waals surface area contributed by atoms with E-state index in [2.05, 4.69) is 34.0 Å². The molecular formula is C17H26N4O. The van der Waals surface area contributed by atoms with Crippen molar-refractivity contribution in [2.24, 2.45) is 0 Å². The second kappa shape index (κ2) is 7.94. The molecule has 1 aromatic heterocycles. The molecule has 2 N–H and O–H groups in total. The van der Waals surface area contributed by atoms with Crippen molar-refractivity contribution >= 4 is 6.03 Å². The molecule has 1 aliphatic rings. The molecule has 1 aromatic rings. The highest BCUT2D eigenvalue weighted by atomic mass is 16.2. The van der Waals surface area contributed by atoms with Gasteiger partial charge in [0.1, 0.15) is 0 Å². The van der Waals surface area contributed by atoms with E-state index in [0.29, 0.717) is 0 Å². The summed E-state index contributed by atoms with van der Waals surface area (Å²) in [6.07, 6.45) is 5.49. The van der Waals surface area contributed by atoms with Gasteiger partial charge in [-0.15, -0.1) is 0 Å². The molecule has 0 spiro atoms. The normalized spacial score (nSPS) is 17.7. The Hall–Kier alpha value is -1.88. The van der Waals surface area contributed by atoms with Crippen LogP contribution in [0.5, 0.6) is 0 Å². The average molecular weight is 302 g/mol. The Balaban J connectivity index is 1.73. The van der Waals surface area contributed by atoms with E-state index in [9.17, 15) is 4.79 Å². The molecule has 0 unspecified atom stereocenters. The quantitative estimate of drug-likeness (QED) is 0.822. The molecular weight excluding hydrogens is 276 g/mol. The van der Waals surface area contributed by atoms with Crippen LogP contribution in [0.2, 0.25) is 0 Å². The van der Waals surface area contributed by atoms with Crippen LogP contribution in [0.4, 0.5) is 4.79 Å².